The van der Waals surface area contributed by atoms with E-state index < -0.39 is 12.0 Å². The fraction of sp³-hybridized carbons (Fsp3) is 0.333. The number of carbonyl (C=O) groups excluding carboxylic acids is 2. The van der Waals surface area contributed by atoms with Crippen molar-refractivity contribution in [2.45, 2.75) is 19.9 Å². The van der Waals surface area contributed by atoms with Gasteiger partial charge in [0.2, 0.25) is 0 Å². The van der Waals surface area contributed by atoms with Gasteiger partial charge < -0.3 is 15.0 Å². The molecule has 0 fully saturated rings. The number of amides is 2. The van der Waals surface area contributed by atoms with Gasteiger partial charge in [-0.2, -0.15) is 0 Å². The summed E-state index contributed by atoms with van der Waals surface area (Å²) in [6.45, 7) is 3.67. The Balaban J connectivity index is 2.55. The molecule has 0 radical (unpaired) electrons. The Hall–Kier alpha value is -1.72. The average molecular weight is 343 g/mol. The second-order valence-electron chi connectivity index (χ2n) is 4.83. The topological polar surface area (TPSA) is 58.6 Å². The van der Waals surface area contributed by atoms with Crippen LogP contribution in [-0.4, -0.2) is 30.6 Å². The van der Waals surface area contributed by atoms with Gasteiger partial charge in [0, 0.05) is 22.8 Å². The molecule has 0 bridgehead atoms. The number of allylic oxidation sites excluding steroid dienone is 1. The highest BCUT2D eigenvalue weighted by molar-refractivity contribution is 6.35. The maximum absolute atomic E-state index is 12.3. The molecule has 1 aromatic carbocycles. The van der Waals surface area contributed by atoms with E-state index in [1.807, 2.05) is 0 Å². The Kier molecular flexibility index (Phi) is 4.98. The van der Waals surface area contributed by atoms with Crippen LogP contribution >= 0.6 is 23.2 Å². The summed E-state index contributed by atoms with van der Waals surface area (Å²) in [7, 11) is 1.59. The lowest BCUT2D eigenvalue weighted by atomic mass is 9.95. The molecule has 1 N–H and O–H groups in total. The van der Waals surface area contributed by atoms with E-state index in [-0.39, 0.29) is 12.6 Å². The molecule has 0 saturated carbocycles. The highest BCUT2D eigenvalue weighted by atomic mass is 35.5. The second-order valence-corrected chi connectivity index (χ2v) is 5.67. The van der Waals surface area contributed by atoms with Crippen molar-refractivity contribution in [3.05, 3.63) is 45.1 Å². The summed E-state index contributed by atoms with van der Waals surface area (Å²) < 4.78 is 5.11. The van der Waals surface area contributed by atoms with Gasteiger partial charge in [0.05, 0.1) is 18.2 Å². The lowest BCUT2D eigenvalue weighted by molar-refractivity contribution is -0.139. The molecule has 1 atom stereocenters. The van der Waals surface area contributed by atoms with Crippen molar-refractivity contribution in [3.63, 3.8) is 0 Å². The summed E-state index contributed by atoms with van der Waals surface area (Å²) in [6, 6.07) is 3.92. The van der Waals surface area contributed by atoms with E-state index in [4.69, 9.17) is 27.9 Å². The fourth-order valence-electron chi connectivity index (χ4n) is 2.28. The molecule has 5 nitrogen and oxygen atoms in total. The monoisotopic (exact) mass is 342 g/mol. The number of hydrogen-bond acceptors (Lipinski definition) is 3. The van der Waals surface area contributed by atoms with Crippen LogP contribution in [0.15, 0.2) is 29.5 Å². The first-order valence-electron chi connectivity index (χ1n) is 6.73. The minimum absolute atomic E-state index is 0.244. The summed E-state index contributed by atoms with van der Waals surface area (Å²) in [5.74, 6) is -0.483. The number of halogens is 2. The average Bonchev–Trinajstić information content (AvgIpc) is 2.44. The Morgan fingerprint density at radius 1 is 1.41 bits per heavy atom. The molecule has 0 saturated heterocycles. The van der Waals surface area contributed by atoms with E-state index in [2.05, 4.69) is 5.32 Å². The Morgan fingerprint density at radius 2 is 2.09 bits per heavy atom. The summed E-state index contributed by atoms with van der Waals surface area (Å²) >= 11 is 12.1. The lowest BCUT2D eigenvalue weighted by Gasteiger charge is -2.33. The van der Waals surface area contributed by atoms with E-state index in [1.165, 1.54) is 4.90 Å². The largest absolute Gasteiger partial charge is 0.463 e. The zero-order chi connectivity index (χ0) is 16.4. The molecule has 1 aliphatic rings. The molecule has 7 heteroatoms. The molecule has 0 spiro atoms. The molecule has 118 valence electrons. The van der Waals surface area contributed by atoms with E-state index in [0.717, 1.165) is 0 Å². The molecule has 22 heavy (non-hydrogen) atoms. The summed E-state index contributed by atoms with van der Waals surface area (Å²) in [5, 5.41) is 3.61. The molecule has 1 aliphatic heterocycles. The molecular weight excluding hydrogens is 327 g/mol. The first kappa shape index (κ1) is 16.6. The van der Waals surface area contributed by atoms with Crippen molar-refractivity contribution in [1.82, 2.24) is 10.2 Å². The number of nitrogens with zero attached hydrogens (tertiary/aromatic N) is 1. The van der Waals surface area contributed by atoms with Crippen LogP contribution in [0.4, 0.5) is 4.79 Å². The molecule has 2 rings (SSSR count). The summed E-state index contributed by atoms with van der Waals surface area (Å²) in [6.07, 6.45) is 0. The van der Waals surface area contributed by atoms with Crippen LogP contribution in [0.3, 0.4) is 0 Å². The number of ether oxygens (including phenoxy) is 1. The van der Waals surface area contributed by atoms with Crippen LogP contribution < -0.4 is 5.32 Å². The van der Waals surface area contributed by atoms with Crippen LogP contribution in [0.2, 0.25) is 10.0 Å². The number of hydrogen-bond donors (Lipinski definition) is 1. The third-order valence-corrected chi connectivity index (χ3v) is 4.09. The standard InChI is InChI=1S/C15H16Cl2N2O3/c1-4-22-14(20)12-8(2)19(3)15(21)18-13(12)10-6-5-9(16)7-11(10)17/h5-7,13H,4H2,1-3H3,(H,18,21). The van der Waals surface area contributed by atoms with Crippen molar-refractivity contribution in [1.29, 1.82) is 0 Å². The molecule has 1 aromatic rings. The van der Waals surface area contributed by atoms with E-state index in [1.54, 1.807) is 39.1 Å². The van der Waals surface area contributed by atoms with Gasteiger partial charge in [-0.1, -0.05) is 29.3 Å². The predicted octanol–water partition coefficient (Wildman–Crippen LogP) is 3.53. The molecule has 1 heterocycles. The van der Waals surface area contributed by atoms with E-state index in [9.17, 15) is 9.59 Å². The predicted molar refractivity (Wildman–Crippen MR) is 84.8 cm³/mol. The van der Waals surface area contributed by atoms with Gasteiger partial charge in [-0.25, -0.2) is 9.59 Å². The van der Waals surface area contributed by atoms with Crippen LogP contribution in [-0.2, 0) is 9.53 Å². The SMILES string of the molecule is CCOC(=O)C1=C(C)N(C)C(=O)NC1c1ccc(Cl)cc1Cl. The Labute approximate surface area is 138 Å². The maximum atomic E-state index is 12.3. The molecule has 0 aromatic heterocycles. The zero-order valence-electron chi connectivity index (χ0n) is 12.4. The molecule has 1 unspecified atom stereocenters. The van der Waals surface area contributed by atoms with Crippen molar-refractivity contribution in [3.8, 4) is 0 Å². The van der Waals surface area contributed by atoms with Crippen LogP contribution in [0, 0.1) is 0 Å². The van der Waals surface area contributed by atoms with Gasteiger partial charge in [0.1, 0.15) is 0 Å². The highest BCUT2D eigenvalue weighted by Crippen LogP contribution is 2.35. The number of rotatable bonds is 3. The quantitative estimate of drug-likeness (QED) is 0.855. The van der Waals surface area contributed by atoms with Gasteiger partial charge in [-0.3, -0.25) is 0 Å². The third-order valence-electron chi connectivity index (χ3n) is 3.52. The molecule has 0 aliphatic carbocycles. The van der Waals surface area contributed by atoms with Gasteiger partial charge >= 0.3 is 12.0 Å². The van der Waals surface area contributed by atoms with Crippen molar-refractivity contribution in [2.24, 2.45) is 0 Å². The number of carbonyl (C=O) groups is 2. The highest BCUT2D eigenvalue weighted by Gasteiger charge is 2.35. The van der Waals surface area contributed by atoms with Gasteiger partial charge in [-0.15, -0.1) is 0 Å². The number of urea groups is 1. The van der Waals surface area contributed by atoms with Crippen molar-refractivity contribution < 1.29 is 14.3 Å². The number of esters is 1. The van der Waals surface area contributed by atoms with Crippen LogP contribution in [0.25, 0.3) is 0 Å². The van der Waals surface area contributed by atoms with Gasteiger partial charge in [-0.05, 0) is 31.5 Å². The Morgan fingerprint density at radius 3 is 2.68 bits per heavy atom. The number of nitrogens with one attached hydrogen (secondary N) is 1. The zero-order valence-corrected chi connectivity index (χ0v) is 14.0. The van der Waals surface area contributed by atoms with Crippen molar-refractivity contribution in [2.75, 3.05) is 13.7 Å². The van der Waals surface area contributed by atoms with Gasteiger partial charge in [0.15, 0.2) is 0 Å². The first-order valence-corrected chi connectivity index (χ1v) is 7.49. The molecular formula is C15H16Cl2N2O3. The maximum Gasteiger partial charge on any atom is 0.338 e. The lowest BCUT2D eigenvalue weighted by Crippen LogP contribution is -2.46. The minimum atomic E-state index is -0.674. The Bertz CT molecular complexity index is 658. The first-order chi connectivity index (χ1) is 10.4. The fourth-order valence-corrected chi connectivity index (χ4v) is 2.80. The third kappa shape index (κ3) is 3.05. The van der Waals surface area contributed by atoms with Gasteiger partial charge in [0.25, 0.3) is 0 Å². The van der Waals surface area contributed by atoms with Crippen LogP contribution in [0.5, 0.6) is 0 Å². The van der Waals surface area contributed by atoms with E-state index in [0.29, 0.717) is 26.9 Å². The van der Waals surface area contributed by atoms with E-state index >= 15 is 0 Å². The number of benzene rings is 1. The van der Waals surface area contributed by atoms with Crippen molar-refractivity contribution >= 4 is 35.2 Å². The minimum Gasteiger partial charge on any atom is -0.463 e. The molecule has 2 amide bonds. The summed E-state index contributed by atoms with van der Waals surface area (Å²) in [5.41, 5.74) is 1.47. The summed E-state index contributed by atoms with van der Waals surface area (Å²) in [4.78, 5) is 25.7. The second kappa shape index (κ2) is 6.58. The van der Waals surface area contributed by atoms with Crippen LogP contribution in [0.1, 0.15) is 25.5 Å². The normalized spacial score (nSPS) is 18.3. The smallest absolute Gasteiger partial charge is 0.338 e.